The van der Waals surface area contributed by atoms with Crippen LogP contribution in [-0.2, 0) is 0 Å². The van der Waals surface area contributed by atoms with Crippen molar-refractivity contribution in [2.24, 2.45) is 0 Å². The van der Waals surface area contributed by atoms with Crippen molar-refractivity contribution in [2.75, 3.05) is 5.32 Å². The van der Waals surface area contributed by atoms with Crippen molar-refractivity contribution in [3.8, 4) is 11.3 Å². The number of amides is 1. The molecule has 130 valence electrons. The smallest absolute Gasteiger partial charge is 0.277 e. The van der Waals surface area contributed by atoms with Crippen LogP contribution < -0.4 is 5.32 Å². The molecular formula is C20H18N4O2. The van der Waals surface area contributed by atoms with Gasteiger partial charge in [0.05, 0.1) is 5.69 Å². The SMILES string of the molecule is Cc1cc(C(=O)Nc2cc(-c3cn4cccc(C)c4n3)ccc2C)no1. The molecule has 3 heterocycles. The molecule has 0 bridgehead atoms. The summed E-state index contributed by atoms with van der Waals surface area (Å²) in [6.45, 7) is 5.73. The Balaban J connectivity index is 1.69. The summed E-state index contributed by atoms with van der Waals surface area (Å²) < 4.78 is 6.97. The fourth-order valence-corrected chi connectivity index (χ4v) is 2.87. The first-order valence-electron chi connectivity index (χ1n) is 8.31. The third kappa shape index (κ3) is 2.86. The van der Waals surface area contributed by atoms with Gasteiger partial charge in [-0.3, -0.25) is 4.79 Å². The number of aryl methyl sites for hydroxylation is 3. The zero-order valence-electron chi connectivity index (χ0n) is 14.8. The lowest BCUT2D eigenvalue weighted by molar-refractivity contribution is 0.101. The highest BCUT2D eigenvalue weighted by atomic mass is 16.5. The number of nitrogens with one attached hydrogen (secondary N) is 1. The van der Waals surface area contributed by atoms with E-state index in [9.17, 15) is 4.79 Å². The zero-order valence-corrected chi connectivity index (χ0v) is 14.8. The van der Waals surface area contributed by atoms with Crippen LogP contribution in [0.5, 0.6) is 0 Å². The van der Waals surface area contributed by atoms with Crippen LogP contribution in [0.3, 0.4) is 0 Å². The number of aromatic nitrogens is 3. The van der Waals surface area contributed by atoms with E-state index in [-0.39, 0.29) is 11.6 Å². The monoisotopic (exact) mass is 346 g/mol. The molecule has 0 atom stereocenters. The summed E-state index contributed by atoms with van der Waals surface area (Å²) in [5, 5.41) is 6.66. The van der Waals surface area contributed by atoms with Gasteiger partial charge in [0.2, 0.25) is 0 Å². The number of nitrogens with zero attached hydrogens (tertiary/aromatic N) is 3. The summed E-state index contributed by atoms with van der Waals surface area (Å²) in [5.41, 5.74) is 5.77. The maximum Gasteiger partial charge on any atom is 0.277 e. The molecule has 0 aliphatic heterocycles. The van der Waals surface area contributed by atoms with E-state index in [1.54, 1.807) is 13.0 Å². The minimum Gasteiger partial charge on any atom is -0.361 e. The second-order valence-electron chi connectivity index (χ2n) is 6.35. The van der Waals surface area contributed by atoms with Crippen molar-refractivity contribution >= 4 is 17.2 Å². The van der Waals surface area contributed by atoms with Crippen LogP contribution in [-0.4, -0.2) is 20.4 Å². The van der Waals surface area contributed by atoms with Crippen molar-refractivity contribution in [3.05, 3.63) is 71.4 Å². The van der Waals surface area contributed by atoms with E-state index in [1.807, 2.05) is 61.0 Å². The number of imidazole rings is 1. The molecule has 3 aromatic heterocycles. The lowest BCUT2D eigenvalue weighted by Crippen LogP contribution is -2.13. The molecule has 4 rings (SSSR count). The van der Waals surface area contributed by atoms with E-state index >= 15 is 0 Å². The highest BCUT2D eigenvalue weighted by Gasteiger charge is 2.14. The van der Waals surface area contributed by atoms with Gasteiger partial charge in [-0.1, -0.05) is 23.4 Å². The molecule has 6 nitrogen and oxygen atoms in total. The molecule has 1 N–H and O–H groups in total. The van der Waals surface area contributed by atoms with Crippen molar-refractivity contribution < 1.29 is 9.32 Å². The first kappa shape index (κ1) is 16.1. The van der Waals surface area contributed by atoms with E-state index in [0.29, 0.717) is 5.76 Å². The van der Waals surface area contributed by atoms with Gasteiger partial charge in [0, 0.05) is 29.7 Å². The minimum absolute atomic E-state index is 0.260. The van der Waals surface area contributed by atoms with Gasteiger partial charge in [-0.2, -0.15) is 0 Å². The highest BCUT2D eigenvalue weighted by molar-refractivity contribution is 6.03. The van der Waals surface area contributed by atoms with Crippen molar-refractivity contribution in [2.45, 2.75) is 20.8 Å². The molecule has 0 radical (unpaired) electrons. The van der Waals surface area contributed by atoms with E-state index in [2.05, 4.69) is 10.5 Å². The Morgan fingerprint density at radius 2 is 1.96 bits per heavy atom. The Morgan fingerprint density at radius 3 is 2.69 bits per heavy atom. The maximum absolute atomic E-state index is 12.4. The van der Waals surface area contributed by atoms with Crippen molar-refractivity contribution in [1.82, 2.24) is 14.5 Å². The van der Waals surface area contributed by atoms with Gasteiger partial charge in [-0.25, -0.2) is 4.98 Å². The van der Waals surface area contributed by atoms with Gasteiger partial charge >= 0.3 is 0 Å². The van der Waals surface area contributed by atoms with Gasteiger partial charge in [-0.15, -0.1) is 0 Å². The molecule has 0 fully saturated rings. The fourth-order valence-electron chi connectivity index (χ4n) is 2.87. The summed E-state index contributed by atoms with van der Waals surface area (Å²) >= 11 is 0. The van der Waals surface area contributed by atoms with E-state index < -0.39 is 0 Å². The second-order valence-corrected chi connectivity index (χ2v) is 6.35. The number of fused-ring (bicyclic) bond motifs is 1. The molecule has 1 amide bonds. The van der Waals surface area contributed by atoms with Crippen LogP contribution in [0.1, 0.15) is 27.4 Å². The van der Waals surface area contributed by atoms with Crippen molar-refractivity contribution in [1.29, 1.82) is 0 Å². The largest absolute Gasteiger partial charge is 0.361 e. The molecule has 0 aliphatic rings. The molecule has 0 unspecified atom stereocenters. The number of hydrogen-bond donors (Lipinski definition) is 1. The second kappa shape index (κ2) is 6.15. The third-order valence-electron chi connectivity index (χ3n) is 4.32. The van der Waals surface area contributed by atoms with Crippen LogP contribution in [0.25, 0.3) is 16.9 Å². The lowest BCUT2D eigenvalue weighted by Gasteiger charge is -2.08. The zero-order chi connectivity index (χ0) is 18.3. The third-order valence-corrected chi connectivity index (χ3v) is 4.32. The first-order chi connectivity index (χ1) is 12.5. The van der Waals surface area contributed by atoms with Crippen LogP contribution in [0.15, 0.2) is 53.3 Å². The topological polar surface area (TPSA) is 72.4 Å². The van der Waals surface area contributed by atoms with Crippen LogP contribution in [0, 0.1) is 20.8 Å². The first-order valence-corrected chi connectivity index (χ1v) is 8.31. The lowest BCUT2D eigenvalue weighted by atomic mass is 10.1. The normalized spacial score (nSPS) is 11.0. The molecule has 0 spiro atoms. The molecule has 0 saturated heterocycles. The average molecular weight is 346 g/mol. The summed E-state index contributed by atoms with van der Waals surface area (Å²) in [7, 11) is 0. The van der Waals surface area contributed by atoms with Gasteiger partial charge < -0.3 is 14.2 Å². The molecule has 0 aliphatic carbocycles. The summed E-state index contributed by atoms with van der Waals surface area (Å²) in [4.78, 5) is 17.1. The van der Waals surface area contributed by atoms with Crippen molar-refractivity contribution in [3.63, 3.8) is 0 Å². The number of carbonyl (C=O) groups is 1. The Hall–Kier alpha value is -3.41. The standard InChI is InChI=1S/C20H18N4O2/c1-12-6-7-15(18-11-24-8-4-5-13(2)19(24)21-18)10-16(12)22-20(25)17-9-14(3)26-23-17/h4-11H,1-3H3,(H,22,25). The summed E-state index contributed by atoms with van der Waals surface area (Å²) in [5.74, 6) is 0.300. The van der Waals surface area contributed by atoms with Gasteiger partial charge in [0.1, 0.15) is 11.4 Å². The van der Waals surface area contributed by atoms with Gasteiger partial charge in [-0.05, 0) is 44.0 Å². The number of pyridine rings is 1. The molecule has 0 saturated carbocycles. The number of rotatable bonds is 3. The number of hydrogen-bond acceptors (Lipinski definition) is 4. The molecular weight excluding hydrogens is 328 g/mol. The Morgan fingerprint density at radius 1 is 1.12 bits per heavy atom. The minimum atomic E-state index is -0.298. The van der Waals surface area contributed by atoms with Crippen LogP contribution >= 0.6 is 0 Å². The Labute approximate surface area is 150 Å². The Bertz CT molecular complexity index is 1120. The van der Waals surface area contributed by atoms with E-state index in [1.165, 1.54) is 0 Å². The number of anilines is 1. The molecule has 6 heteroatoms. The average Bonchev–Trinajstić information content (AvgIpc) is 3.24. The highest BCUT2D eigenvalue weighted by Crippen LogP contribution is 2.26. The summed E-state index contributed by atoms with van der Waals surface area (Å²) in [6.07, 6.45) is 3.96. The fraction of sp³-hybridized carbons (Fsp3) is 0.150. The summed E-state index contributed by atoms with van der Waals surface area (Å²) in [6, 6.07) is 11.5. The molecule has 1 aromatic carbocycles. The number of carbonyl (C=O) groups excluding carboxylic acids is 1. The predicted octanol–water partition coefficient (Wildman–Crippen LogP) is 4.17. The quantitative estimate of drug-likeness (QED) is 0.604. The van der Waals surface area contributed by atoms with E-state index in [0.717, 1.165) is 33.7 Å². The van der Waals surface area contributed by atoms with Gasteiger partial charge in [0.15, 0.2) is 5.69 Å². The van der Waals surface area contributed by atoms with E-state index in [4.69, 9.17) is 9.51 Å². The van der Waals surface area contributed by atoms with Crippen LogP contribution in [0.2, 0.25) is 0 Å². The maximum atomic E-state index is 12.4. The van der Waals surface area contributed by atoms with Crippen LogP contribution in [0.4, 0.5) is 5.69 Å². The predicted molar refractivity (Wildman–Crippen MR) is 99.3 cm³/mol. The number of benzene rings is 1. The Kier molecular flexibility index (Phi) is 3.80. The van der Waals surface area contributed by atoms with Gasteiger partial charge in [0.25, 0.3) is 5.91 Å². The molecule has 4 aromatic rings. The molecule has 26 heavy (non-hydrogen) atoms.